The summed E-state index contributed by atoms with van der Waals surface area (Å²) < 4.78 is 22.2. The number of hydrogen-bond donors (Lipinski definition) is 0. The van der Waals surface area contributed by atoms with Crippen molar-refractivity contribution >= 4 is 0 Å². The summed E-state index contributed by atoms with van der Waals surface area (Å²) in [6, 6.07) is 7.59. The van der Waals surface area contributed by atoms with Gasteiger partial charge in [0.15, 0.2) is 0 Å². The Morgan fingerprint density at radius 3 is 1.58 bits per heavy atom. The predicted octanol–water partition coefficient (Wildman–Crippen LogP) is 7.59. The predicted molar refractivity (Wildman–Crippen MR) is 130 cm³/mol. The van der Waals surface area contributed by atoms with Crippen molar-refractivity contribution in [2.24, 2.45) is 0 Å². The van der Waals surface area contributed by atoms with E-state index in [4.69, 9.17) is 18.9 Å². The summed E-state index contributed by atoms with van der Waals surface area (Å²) in [6.07, 6.45) is 19.2. The van der Waals surface area contributed by atoms with Crippen LogP contribution in [0.5, 0.6) is 11.5 Å². The summed E-state index contributed by atoms with van der Waals surface area (Å²) >= 11 is 0. The molecule has 0 spiro atoms. The number of hydrogen-bond acceptors (Lipinski definition) is 4. The number of unbranched alkanes of at least 4 members (excludes halogenated alkanes) is 13. The number of methoxy groups -OCH3 is 2. The Hall–Kier alpha value is -1.26. The van der Waals surface area contributed by atoms with Gasteiger partial charge in [0.05, 0.1) is 13.7 Å². The molecule has 0 amide bonds. The van der Waals surface area contributed by atoms with Gasteiger partial charge in [0.1, 0.15) is 24.2 Å². The molecule has 0 aliphatic heterocycles. The maximum atomic E-state index is 5.79. The minimum Gasteiger partial charge on any atom is -0.497 e. The Morgan fingerprint density at radius 1 is 0.613 bits per heavy atom. The first-order chi connectivity index (χ1) is 15.3. The zero-order valence-electron chi connectivity index (χ0n) is 20.5. The lowest BCUT2D eigenvalue weighted by Crippen LogP contribution is -2.26. The molecule has 0 aliphatic carbocycles. The number of ether oxygens (including phenoxy) is 4. The van der Waals surface area contributed by atoms with E-state index < -0.39 is 0 Å². The average Bonchev–Trinajstić information content (AvgIpc) is 2.81. The Labute approximate surface area is 192 Å². The van der Waals surface area contributed by atoms with E-state index >= 15 is 0 Å². The number of rotatable bonds is 22. The summed E-state index contributed by atoms with van der Waals surface area (Å²) in [7, 11) is 3.37. The summed E-state index contributed by atoms with van der Waals surface area (Å²) in [6.45, 7) is 4.15. The highest BCUT2D eigenvalue weighted by atomic mass is 16.6. The van der Waals surface area contributed by atoms with Crippen molar-refractivity contribution in [1.29, 1.82) is 0 Å². The fourth-order valence-electron chi connectivity index (χ4n) is 3.66. The zero-order chi connectivity index (χ0) is 22.4. The Morgan fingerprint density at radius 2 is 1.10 bits per heavy atom. The quantitative estimate of drug-likeness (QED) is 0.175. The Kier molecular flexibility index (Phi) is 18.5. The van der Waals surface area contributed by atoms with Crippen LogP contribution in [-0.2, 0) is 9.47 Å². The molecule has 1 aromatic carbocycles. The molecular weight excluding hydrogens is 388 g/mol. The molecule has 0 N–H and O–H groups in total. The van der Waals surface area contributed by atoms with Crippen molar-refractivity contribution in [2.45, 2.75) is 103 Å². The first-order valence-electron chi connectivity index (χ1n) is 12.7. The lowest BCUT2D eigenvalue weighted by Gasteiger charge is -2.16. The Bertz CT molecular complexity index is 489. The van der Waals surface area contributed by atoms with Gasteiger partial charge in [0, 0.05) is 13.7 Å². The summed E-state index contributed by atoms with van der Waals surface area (Å²) in [4.78, 5) is 0. The monoisotopic (exact) mass is 436 g/mol. The van der Waals surface area contributed by atoms with Crippen LogP contribution in [0, 0.1) is 0 Å². The molecule has 0 heterocycles. The third kappa shape index (κ3) is 16.1. The molecule has 1 atom stereocenters. The molecule has 0 aliphatic rings. The second kappa shape index (κ2) is 20.6. The van der Waals surface area contributed by atoms with Gasteiger partial charge in [0.25, 0.3) is 0 Å². The molecule has 180 valence electrons. The van der Waals surface area contributed by atoms with Crippen molar-refractivity contribution < 1.29 is 18.9 Å². The summed E-state index contributed by atoms with van der Waals surface area (Å²) in [5.41, 5.74) is 0. The standard InChI is InChI=1S/C27H48O4/c1-4-5-6-7-8-9-10-11-12-13-14-15-16-17-22-30-23-27(29-3)24-31-26-20-18-25(28-2)19-21-26/h18-21,27H,4-17,22-24H2,1-3H3/t27-/m0/s1. The molecule has 0 unspecified atom stereocenters. The van der Waals surface area contributed by atoms with Crippen molar-refractivity contribution in [3.8, 4) is 11.5 Å². The molecule has 4 nitrogen and oxygen atoms in total. The Balaban J connectivity index is 1.86. The van der Waals surface area contributed by atoms with Gasteiger partial charge in [-0.2, -0.15) is 0 Å². The van der Waals surface area contributed by atoms with Gasteiger partial charge >= 0.3 is 0 Å². The maximum absolute atomic E-state index is 5.79. The molecule has 0 aromatic heterocycles. The van der Waals surface area contributed by atoms with Crippen LogP contribution in [0.15, 0.2) is 24.3 Å². The van der Waals surface area contributed by atoms with Gasteiger partial charge in [0.2, 0.25) is 0 Å². The molecule has 1 rings (SSSR count). The van der Waals surface area contributed by atoms with E-state index in [9.17, 15) is 0 Å². The summed E-state index contributed by atoms with van der Waals surface area (Å²) in [5, 5.41) is 0. The first kappa shape index (κ1) is 27.8. The van der Waals surface area contributed by atoms with Crippen molar-refractivity contribution in [3.63, 3.8) is 0 Å². The van der Waals surface area contributed by atoms with Gasteiger partial charge in [-0.05, 0) is 30.7 Å². The van der Waals surface area contributed by atoms with E-state index in [0.717, 1.165) is 24.5 Å². The van der Waals surface area contributed by atoms with Crippen LogP contribution in [0.2, 0.25) is 0 Å². The SMILES string of the molecule is CCCCCCCCCCCCCCCCOC[C@@H](COc1ccc(OC)cc1)OC. The van der Waals surface area contributed by atoms with E-state index in [1.54, 1.807) is 14.2 Å². The molecule has 0 saturated heterocycles. The van der Waals surface area contributed by atoms with Crippen LogP contribution in [-0.4, -0.2) is 40.1 Å². The fourth-order valence-corrected chi connectivity index (χ4v) is 3.66. The molecule has 0 bridgehead atoms. The van der Waals surface area contributed by atoms with Gasteiger partial charge in [-0.1, -0.05) is 90.4 Å². The molecule has 4 heteroatoms. The van der Waals surface area contributed by atoms with Crippen LogP contribution in [0.25, 0.3) is 0 Å². The highest BCUT2D eigenvalue weighted by Gasteiger charge is 2.09. The van der Waals surface area contributed by atoms with Crippen LogP contribution < -0.4 is 9.47 Å². The van der Waals surface area contributed by atoms with Crippen molar-refractivity contribution in [1.82, 2.24) is 0 Å². The van der Waals surface area contributed by atoms with Crippen molar-refractivity contribution in [2.75, 3.05) is 34.0 Å². The largest absolute Gasteiger partial charge is 0.497 e. The molecule has 1 aromatic rings. The van der Waals surface area contributed by atoms with E-state index in [1.165, 1.54) is 83.5 Å². The van der Waals surface area contributed by atoms with Crippen LogP contribution >= 0.6 is 0 Å². The van der Waals surface area contributed by atoms with Gasteiger partial charge in [-0.3, -0.25) is 0 Å². The maximum Gasteiger partial charge on any atom is 0.119 e. The normalized spacial score (nSPS) is 12.1. The molecule has 0 fully saturated rings. The minimum atomic E-state index is -0.0475. The average molecular weight is 437 g/mol. The highest BCUT2D eigenvalue weighted by molar-refractivity contribution is 5.31. The second-order valence-corrected chi connectivity index (χ2v) is 8.52. The van der Waals surface area contributed by atoms with Gasteiger partial charge in [-0.15, -0.1) is 0 Å². The van der Waals surface area contributed by atoms with Crippen LogP contribution in [0.3, 0.4) is 0 Å². The van der Waals surface area contributed by atoms with E-state index in [1.807, 2.05) is 24.3 Å². The third-order valence-corrected chi connectivity index (χ3v) is 5.77. The fraction of sp³-hybridized carbons (Fsp3) is 0.778. The van der Waals surface area contributed by atoms with E-state index in [0.29, 0.717) is 13.2 Å². The minimum absolute atomic E-state index is 0.0475. The zero-order valence-corrected chi connectivity index (χ0v) is 20.5. The van der Waals surface area contributed by atoms with Crippen LogP contribution in [0.1, 0.15) is 96.8 Å². The van der Waals surface area contributed by atoms with E-state index in [-0.39, 0.29) is 6.10 Å². The molecule has 31 heavy (non-hydrogen) atoms. The highest BCUT2D eigenvalue weighted by Crippen LogP contribution is 2.17. The van der Waals surface area contributed by atoms with E-state index in [2.05, 4.69) is 6.92 Å². The first-order valence-corrected chi connectivity index (χ1v) is 12.7. The van der Waals surface area contributed by atoms with Crippen molar-refractivity contribution in [3.05, 3.63) is 24.3 Å². The lowest BCUT2D eigenvalue weighted by atomic mass is 10.0. The van der Waals surface area contributed by atoms with Crippen LogP contribution in [0.4, 0.5) is 0 Å². The molecular formula is C27H48O4. The molecule has 0 radical (unpaired) electrons. The lowest BCUT2D eigenvalue weighted by molar-refractivity contribution is -0.0152. The third-order valence-electron chi connectivity index (χ3n) is 5.77. The summed E-state index contributed by atoms with van der Waals surface area (Å²) in [5.74, 6) is 1.64. The second-order valence-electron chi connectivity index (χ2n) is 8.52. The van der Waals surface area contributed by atoms with Gasteiger partial charge in [-0.25, -0.2) is 0 Å². The number of benzene rings is 1. The molecule has 0 saturated carbocycles. The smallest absolute Gasteiger partial charge is 0.119 e. The topological polar surface area (TPSA) is 36.9 Å². The van der Waals surface area contributed by atoms with Gasteiger partial charge < -0.3 is 18.9 Å².